The summed E-state index contributed by atoms with van der Waals surface area (Å²) in [6.45, 7) is -2.76. The molecule has 4 rings (SSSR count). The minimum Gasteiger partial charge on any atom is -0.447 e. The molecule has 0 aliphatic heterocycles. The van der Waals surface area contributed by atoms with Gasteiger partial charge in [0.15, 0.2) is 11.8 Å². The van der Waals surface area contributed by atoms with E-state index < -0.39 is 62.4 Å². The predicted octanol–water partition coefficient (Wildman–Crippen LogP) is 5.84. The van der Waals surface area contributed by atoms with E-state index in [1.54, 1.807) is 6.92 Å². The molecular weight excluding hydrogens is 660 g/mol. The zero-order valence-corrected chi connectivity index (χ0v) is 25.0. The van der Waals surface area contributed by atoms with Crippen LogP contribution in [0, 0.1) is 5.41 Å². The summed E-state index contributed by atoms with van der Waals surface area (Å²) in [5, 5.41) is 20.6. The van der Waals surface area contributed by atoms with E-state index in [1.165, 1.54) is 48.7 Å². The molecule has 2 aromatic carbocycles. The van der Waals surface area contributed by atoms with E-state index >= 15 is 0 Å². The molecule has 47 heavy (non-hydrogen) atoms. The summed E-state index contributed by atoms with van der Waals surface area (Å²) in [4.78, 5) is 30.7. The Labute approximate surface area is 267 Å². The summed E-state index contributed by atoms with van der Waals surface area (Å²) in [5.41, 5.74) is 0.833. The molecule has 1 atom stereocenters. The van der Waals surface area contributed by atoms with Crippen molar-refractivity contribution >= 4 is 29.6 Å². The van der Waals surface area contributed by atoms with Crippen LogP contribution in [0.25, 0.3) is 16.8 Å². The molecule has 0 unspecified atom stereocenters. The fraction of sp³-hybridized carbons (Fsp3) is 0.286. The highest BCUT2D eigenvalue weighted by molar-refractivity contribution is 6.32. The zero-order chi connectivity index (χ0) is 34.2. The van der Waals surface area contributed by atoms with Gasteiger partial charge in [-0.1, -0.05) is 29.8 Å². The van der Waals surface area contributed by atoms with Gasteiger partial charge in [0.25, 0.3) is 18.8 Å². The first-order chi connectivity index (χ1) is 22.4. The standard InChI is InChI=1S/C28H26ClF6N9O3/c1-2-37-27(36)43(25(45)16-5-3-15(4-6-16)18-10-40-42(12-18)26(34)35)21(13-47-28(46)38-11-22(30)31)17-7-8-19(29)20(9-17)44-24(23(32)33)39-14-41-44/h3-10,12,14,21-23,26H,2,11,13H2,1H3,(H2,36,37)(H,38,46)/t21-/m1/s1. The minimum absolute atomic E-state index is 0.00950. The summed E-state index contributed by atoms with van der Waals surface area (Å²) in [7, 11) is 0. The fourth-order valence-electron chi connectivity index (χ4n) is 4.36. The third kappa shape index (κ3) is 8.37. The number of alkyl carbamates (subject to hydrolysis) is 1. The Bertz CT molecular complexity index is 1700. The second kappa shape index (κ2) is 15.4. The van der Waals surface area contributed by atoms with E-state index in [2.05, 4.69) is 20.5 Å². The minimum atomic E-state index is -3.04. The van der Waals surface area contributed by atoms with Gasteiger partial charge in [-0.05, 0) is 42.3 Å². The summed E-state index contributed by atoms with van der Waals surface area (Å²) in [6, 6.07) is 8.29. The van der Waals surface area contributed by atoms with Crippen LogP contribution in [0.2, 0.25) is 5.02 Å². The van der Waals surface area contributed by atoms with E-state index in [4.69, 9.17) is 21.7 Å². The number of hydrogen-bond donors (Lipinski definition) is 3. The van der Waals surface area contributed by atoms with E-state index in [9.17, 15) is 35.9 Å². The van der Waals surface area contributed by atoms with Crippen molar-refractivity contribution in [1.29, 1.82) is 5.41 Å². The number of benzene rings is 2. The Balaban J connectivity index is 1.76. The molecule has 19 heteroatoms. The topological polar surface area (TPSA) is 143 Å². The number of carbonyl (C=O) groups is 2. The van der Waals surface area contributed by atoms with Crippen LogP contribution in [0.5, 0.6) is 0 Å². The van der Waals surface area contributed by atoms with Crippen molar-refractivity contribution in [2.24, 2.45) is 0 Å². The lowest BCUT2D eigenvalue weighted by atomic mass is 10.0. The maximum Gasteiger partial charge on any atom is 0.407 e. The quantitative estimate of drug-likeness (QED) is 0.0967. The number of alkyl halides is 6. The van der Waals surface area contributed by atoms with Crippen molar-refractivity contribution < 1.29 is 40.7 Å². The molecule has 4 aromatic rings. The van der Waals surface area contributed by atoms with Gasteiger partial charge in [-0.25, -0.2) is 36.7 Å². The molecule has 0 radical (unpaired) electrons. The van der Waals surface area contributed by atoms with Gasteiger partial charge in [0.1, 0.15) is 12.9 Å². The number of rotatable bonds is 12. The molecule has 3 N–H and O–H groups in total. The van der Waals surface area contributed by atoms with E-state index in [1.807, 2.05) is 5.32 Å². The Hall–Kier alpha value is -5.13. The molecule has 2 aromatic heterocycles. The Morgan fingerprint density at radius 3 is 2.36 bits per heavy atom. The van der Waals surface area contributed by atoms with Crippen LogP contribution >= 0.6 is 11.6 Å². The van der Waals surface area contributed by atoms with Crippen LogP contribution < -0.4 is 10.6 Å². The highest BCUT2D eigenvalue weighted by atomic mass is 35.5. The molecule has 0 fully saturated rings. The molecule has 0 aliphatic carbocycles. The molecule has 0 spiro atoms. The molecule has 0 aliphatic rings. The molecule has 12 nitrogen and oxygen atoms in total. The van der Waals surface area contributed by atoms with Crippen molar-refractivity contribution in [3.63, 3.8) is 0 Å². The number of guanidine groups is 1. The lowest BCUT2D eigenvalue weighted by molar-refractivity contribution is 0.0566. The Kier molecular flexibility index (Phi) is 11.4. The monoisotopic (exact) mass is 685 g/mol. The maximum atomic E-state index is 14.0. The van der Waals surface area contributed by atoms with Crippen LogP contribution in [-0.2, 0) is 4.74 Å². The van der Waals surface area contributed by atoms with E-state index in [0.29, 0.717) is 15.8 Å². The fourth-order valence-corrected chi connectivity index (χ4v) is 4.56. The van der Waals surface area contributed by atoms with Gasteiger partial charge < -0.3 is 15.4 Å². The number of carbonyl (C=O) groups excluding carboxylic acids is 2. The Morgan fingerprint density at radius 1 is 1.02 bits per heavy atom. The molecular formula is C28H26ClF6N9O3. The first-order valence-electron chi connectivity index (χ1n) is 13.7. The van der Waals surface area contributed by atoms with Gasteiger partial charge in [0, 0.05) is 23.9 Å². The first-order valence-corrected chi connectivity index (χ1v) is 14.0. The smallest absolute Gasteiger partial charge is 0.407 e. The van der Waals surface area contributed by atoms with Crippen molar-refractivity contribution in [3.05, 3.63) is 83.2 Å². The molecule has 0 saturated heterocycles. The molecule has 0 saturated carbocycles. The number of nitrogens with zero attached hydrogens (tertiary/aromatic N) is 6. The van der Waals surface area contributed by atoms with Crippen molar-refractivity contribution in [3.8, 4) is 16.8 Å². The molecule has 2 heterocycles. The third-order valence-electron chi connectivity index (χ3n) is 6.51. The number of halogens is 7. The predicted molar refractivity (Wildman–Crippen MR) is 156 cm³/mol. The number of nitrogens with one attached hydrogen (secondary N) is 3. The molecule has 0 bridgehead atoms. The van der Waals surface area contributed by atoms with E-state index in [0.717, 1.165) is 22.1 Å². The average molecular weight is 686 g/mol. The third-order valence-corrected chi connectivity index (χ3v) is 6.83. The van der Waals surface area contributed by atoms with Gasteiger partial charge in [-0.3, -0.25) is 15.1 Å². The number of amides is 2. The summed E-state index contributed by atoms with van der Waals surface area (Å²) in [5.74, 6) is -2.01. The maximum absolute atomic E-state index is 14.0. The van der Waals surface area contributed by atoms with Crippen molar-refractivity contribution in [2.75, 3.05) is 19.7 Å². The molecule has 250 valence electrons. The highest BCUT2D eigenvalue weighted by Gasteiger charge is 2.32. The zero-order valence-electron chi connectivity index (χ0n) is 24.3. The van der Waals surface area contributed by atoms with Crippen LogP contribution in [0.3, 0.4) is 0 Å². The number of aromatic nitrogens is 5. The normalized spacial score (nSPS) is 12.0. The van der Waals surface area contributed by atoms with E-state index in [-0.39, 0.29) is 28.4 Å². The van der Waals surface area contributed by atoms with Crippen LogP contribution in [0.1, 0.15) is 47.7 Å². The van der Waals surface area contributed by atoms with Crippen molar-refractivity contribution in [2.45, 2.75) is 32.4 Å². The first kappa shape index (κ1) is 34.7. The summed E-state index contributed by atoms with van der Waals surface area (Å²) < 4.78 is 85.0. The van der Waals surface area contributed by atoms with Gasteiger partial charge in [0.2, 0.25) is 0 Å². The van der Waals surface area contributed by atoms with Gasteiger partial charge in [0.05, 0.1) is 29.5 Å². The summed E-state index contributed by atoms with van der Waals surface area (Å²) in [6.07, 6.45) is -3.95. The lowest BCUT2D eigenvalue weighted by Gasteiger charge is -2.32. The van der Waals surface area contributed by atoms with Crippen LogP contribution in [0.4, 0.5) is 31.1 Å². The van der Waals surface area contributed by atoms with Gasteiger partial charge >= 0.3 is 12.6 Å². The average Bonchev–Trinajstić information content (AvgIpc) is 3.73. The SMILES string of the molecule is CCNC(=N)N(C(=O)c1ccc(-c2cnn(C(F)F)c2)cc1)[C@H](COC(=O)NCC(F)F)c1ccc(Cl)c(-n2ncnc2C(F)F)c1. The lowest BCUT2D eigenvalue weighted by Crippen LogP contribution is -2.48. The number of hydrogen-bond acceptors (Lipinski definition) is 7. The largest absolute Gasteiger partial charge is 0.447 e. The van der Waals surface area contributed by atoms with Crippen molar-refractivity contribution in [1.82, 2.24) is 40.1 Å². The summed E-state index contributed by atoms with van der Waals surface area (Å²) >= 11 is 6.32. The van der Waals surface area contributed by atoms with Crippen LogP contribution in [-0.4, -0.2) is 73.5 Å². The molecule has 2 amide bonds. The number of ether oxygens (including phenoxy) is 1. The highest BCUT2D eigenvalue weighted by Crippen LogP contribution is 2.31. The second-order valence-electron chi connectivity index (χ2n) is 9.55. The second-order valence-corrected chi connectivity index (χ2v) is 9.95. The van der Waals surface area contributed by atoms with Gasteiger partial charge in [-0.2, -0.15) is 19.0 Å². The van der Waals surface area contributed by atoms with Gasteiger partial charge in [-0.15, -0.1) is 0 Å². The Morgan fingerprint density at radius 2 is 1.74 bits per heavy atom. The van der Waals surface area contributed by atoms with Crippen LogP contribution in [0.15, 0.2) is 61.2 Å².